The zero-order valence-electron chi connectivity index (χ0n) is 10.6. The van der Waals surface area contributed by atoms with Crippen molar-refractivity contribution >= 4 is 0 Å². The Morgan fingerprint density at radius 1 is 1.35 bits per heavy atom. The first-order chi connectivity index (χ1) is 8.02. The van der Waals surface area contributed by atoms with Gasteiger partial charge in [0.05, 0.1) is 18.5 Å². The predicted octanol–water partition coefficient (Wildman–Crippen LogP) is 1.56. The molecule has 4 nitrogen and oxygen atoms in total. The number of hydrogen-bond acceptors (Lipinski definition) is 3. The normalized spacial score (nSPS) is 19.2. The van der Waals surface area contributed by atoms with Crippen LogP contribution in [0.25, 0.3) is 0 Å². The van der Waals surface area contributed by atoms with Crippen molar-refractivity contribution in [3.05, 3.63) is 27.9 Å². The summed E-state index contributed by atoms with van der Waals surface area (Å²) in [5.74, 6) is 0. The second-order valence-electron chi connectivity index (χ2n) is 5.17. The monoisotopic (exact) mass is 236 g/mol. The summed E-state index contributed by atoms with van der Waals surface area (Å²) in [6, 6.07) is 0. The van der Waals surface area contributed by atoms with Crippen molar-refractivity contribution in [1.82, 2.24) is 9.55 Å². The Morgan fingerprint density at radius 3 is 2.65 bits per heavy atom. The van der Waals surface area contributed by atoms with Crippen molar-refractivity contribution in [2.45, 2.75) is 58.1 Å². The van der Waals surface area contributed by atoms with E-state index < -0.39 is 5.60 Å². The maximum atomic E-state index is 12.0. The van der Waals surface area contributed by atoms with Crippen LogP contribution in [0.1, 0.15) is 43.4 Å². The topological polar surface area (TPSA) is 55.1 Å². The molecule has 1 aliphatic carbocycles. The second-order valence-corrected chi connectivity index (χ2v) is 5.17. The quantitative estimate of drug-likeness (QED) is 0.847. The SMILES string of the molecule is Cc1ncn(CC2(O)CCCCC2)c(=O)c1C. The van der Waals surface area contributed by atoms with Gasteiger partial charge in [-0.05, 0) is 26.7 Å². The van der Waals surface area contributed by atoms with Gasteiger partial charge in [0.25, 0.3) is 5.56 Å². The molecule has 1 fully saturated rings. The molecule has 1 saturated carbocycles. The van der Waals surface area contributed by atoms with Gasteiger partial charge in [0.15, 0.2) is 0 Å². The van der Waals surface area contributed by atoms with Crippen molar-refractivity contribution in [3.8, 4) is 0 Å². The van der Waals surface area contributed by atoms with Crippen LogP contribution in [-0.2, 0) is 6.54 Å². The molecule has 0 aromatic carbocycles. The molecule has 0 atom stereocenters. The smallest absolute Gasteiger partial charge is 0.256 e. The van der Waals surface area contributed by atoms with Crippen molar-refractivity contribution in [1.29, 1.82) is 0 Å². The Kier molecular flexibility index (Phi) is 3.33. The summed E-state index contributed by atoms with van der Waals surface area (Å²) in [7, 11) is 0. The van der Waals surface area contributed by atoms with Gasteiger partial charge in [0, 0.05) is 11.3 Å². The van der Waals surface area contributed by atoms with Crippen molar-refractivity contribution in [2.24, 2.45) is 0 Å². The molecule has 94 valence electrons. The fraction of sp³-hybridized carbons (Fsp3) is 0.692. The highest BCUT2D eigenvalue weighted by atomic mass is 16.3. The van der Waals surface area contributed by atoms with Gasteiger partial charge in [-0.25, -0.2) is 4.98 Å². The Balaban J connectivity index is 2.24. The van der Waals surface area contributed by atoms with Crippen LogP contribution in [0.15, 0.2) is 11.1 Å². The fourth-order valence-electron chi connectivity index (χ4n) is 2.47. The molecule has 1 aliphatic rings. The molecule has 1 heterocycles. The highest BCUT2D eigenvalue weighted by Crippen LogP contribution is 2.28. The Hall–Kier alpha value is -1.16. The lowest BCUT2D eigenvalue weighted by molar-refractivity contribution is -0.0125. The number of nitrogens with zero attached hydrogens (tertiary/aromatic N) is 2. The van der Waals surface area contributed by atoms with E-state index in [-0.39, 0.29) is 5.56 Å². The minimum Gasteiger partial charge on any atom is -0.388 e. The molecule has 0 aliphatic heterocycles. The minimum atomic E-state index is -0.717. The van der Waals surface area contributed by atoms with E-state index >= 15 is 0 Å². The Morgan fingerprint density at radius 2 is 2.00 bits per heavy atom. The second kappa shape index (κ2) is 4.61. The zero-order chi connectivity index (χ0) is 12.5. The minimum absolute atomic E-state index is 0.0310. The Bertz CT molecular complexity index is 459. The molecule has 0 saturated heterocycles. The van der Waals surface area contributed by atoms with E-state index in [0.717, 1.165) is 31.4 Å². The first-order valence-electron chi connectivity index (χ1n) is 6.27. The molecule has 17 heavy (non-hydrogen) atoms. The van der Waals surface area contributed by atoms with Crippen molar-refractivity contribution in [2.75, 3.05) is 0 Å². The average Bonchev–Trinajstić information content (AvgIpc) is 2.31. The van der Waals surface area contributed by atoms with Gasteiger partial charge in [-0.2, -0.15) is 0 Å². The summed E-state index contributed by atoms with van der Waals surface area (Å²) >= 11 is 0. The molecule has 1 aromatic heterocycles. The number of aryl methyl sites for hydroxylation is 1. The van der Waals surface area contributed by atoms with E-state index in [1.54, 1.807) is 17.8 Å². The molecular formula is C13H20N2O2. The third-order valence-electron chi connectivity index (χ3n) is 3.76. The van der Waals surface area contributed by atoms with Gasteiger partial charge in [0.1, 0.15) is 0 Å². The van der Waals surface area contributed by atoms with Gasteiger partial charge in [0.2, 0.25) is 0 Å². The fourth-order valence-corrected chi connectivity index (χ4v) is 2.47. The summed E-state index contributed by atoms with van der Waals surface area (Å²) in [4.78, 5) is 16.2. The molecule has 1 aromatic rings. The van der Waals surface area contributed by atoms with E-state index in [1.165, 1.54) is 6.42 Å². The number of aromatic nitrogens is 2. The highest BCUT2D eigenvalue weighted by Gasteiger charge is 2.30. The van der Waals surface area contributed by atoms with E-state index in [0.29, 0.717) is 12.1 Å². The number of hydrogen-bond donors (Lipinski definition) is 1. The maximum Gasteiger partial charge on any atom is 0.256 e. The van der Waals surface area contributed by atoms with E-state index in [1.807, 2.05) is 6.92 Å². The van der Waals surface area contributed by atoms with Crippen LogP contribution in [0.5, 0.6) is 0 Å². The first kappa shape index (κ1) is 12.3. The molecule has 0 radical (unpaired) electrons. The summed E-state index contributed by atoms with van der Waals surface area (Å²) in [6.45, 7) is 3.99. The molecular weight excluding hydrogens is 216 g/mol. The van der Waals surface area contributed by atoms with E-state index in [4.69, 9.17) is 0 Å². The standard InChI is InChI=1S/C13H20N2O2/c1-10-11(2)14-9-15(12(10)16)8-13(17)6-4-3-5-7-13/h9,17H,3-8H2,1-2H3. The van der Waals surface area contributed by atoms with Crippen LogP contribution in [0, 0.1) is 13.8 Å². The lowest BCUT2D eigenvalue weighted by Gasteiger charge is -2.32. The summed E-state index contributed by atoms with van der Waals surface area (Å²) in [6.07, 6.45) is 6.39. The molecule has 0 unspecified atom stereocenters. The van der Waals surface area contributed by atoms with Crippen LogP contribution in [0.4, 0.5) is 0 Å². The molecule has 2 rings (SSSR count). The van der Waals surface area contributed by atoms with E-state index in [2.05, 4.69) is 4.98 Å². The third-order valence-corrected chi connectivity index (χ3v) is 3.76. The van der Waals surface area contributed by atoms with Crippen LogP contribution in [0.3, 0.4) is 0 Å². The largest absolute Gasteiger partial charge is 0.388 e. The lowest BCUT2D eigenvalue weighted by atomic mass is 9.85. The van der Waals surface area contributed by atoms with Gasteiger partial charge in [-0.3, -0.25) is 9.36 Å². The zero-order valence-corrected chi connectivity index (χ0v) is 10.6. The van der Waals surface area contributed by atoms with Crippen molar-refractivity contribution in [3.63, 3.8) is 0 Å². The molecule has 0 bridgehead atoms. The van der Waals surface area contributed by atoms with Crippen LogP contribution in [-0.4, -0.2) is 20.3 Å². The van der Waals surface area contributed by atoms with Crippen LogP contribution in [0.2, 0.25) is 0 Å². The van der Waals surface area contributed by atoms with Crippen LogP contribution < -0.4 is 5.56 Å². The molecule has 0 spiro atoms. The summed E-state index contributed by atoms with van der Waals surface area (Å²) < 4.78 is 1.55. The summed E-state index contributed by atoms with van der Waals surface area (Å²) in [5, 5.41) is 10.4. The van der Waals surface area contributed by atoms with Gasteiger partial charge in [-0.1, -0.05) is 19.3 Å². The maximum absolute atomic E-state index is 12.0. The van der Waals surface area contributed by atoms with Crippen LogP contribution >= 0.6 is 0 Å². The van der Waals surface area contributed by atoms with E-state index in [9.17, 15) is 9.90 Å². The highest BCUT2D eigenvalue weighted by molar-refractivity contribution is 5.12. The molecule has 0 amide bonds. The molecule has 1 N–H and O–H groups in total. The number of aliphatic hydroxyl groups is 1. The van der Waals surface area contributed by atoms with Gasteiger partial charge < -0.3 is 5.11 Å². The van der Waals surface area contributed by atoms with Gasteiger partial charge in [-0.15, -0.1) is 0 Å². The predicted molar refractivity (Wildman–Crippen MR) is 66.0 cm³/mol. The average molecular weight is 236 g/mol. The third kappa shape index (κ3) is 2.57. The number of rotatable bonds is 2. The molecule has 4 heteroatoms. The first-order valence-corrected chi connectivity index (χ1v) is 6.27. The summed E-state index contributed by atoms with van der Waals surface area (Å²) in [5.41, 5.74) is 0.691. The Labute approximate surface area is 101 Å². The van der Waals surface area contributed by atoms with Gasteiger partial charge >= 0.3 is 0 Å². The lowest BCUT2D eigenvalue weighted by Crippen LogP contribution is -2.40. The van der Waals surface area contributed by atoms with Crippen molar-refractivity contribution < 1.29 is 5.11 Å².